The number of fused-ring (bicyclic) bond motifs is 1. The van der Waals surface area contributed by atoms with Gasteiger partial charge in [-0.3, -0.25) is 4.79 Å². The van der Waals surface area contributed by atoms with E-state index < -0.39 is 29.1 Å². The van der Waals surface area contributed by atoms with Crippen molar-refractivity contribution in [2.45, 2.75) is 18.9 Å². The van der Waals surface area contributed by atoms with Crippen LogP contribution in [0.5, 0.6) is 0 Å². The predicted octanol–water partition coefficient (Wildman–Crippen LogP) is 3.68. The van der Waals surface area contributed by atoms with Crippen LogP contribution in [0.1, 0.15) is 22.8 Å². The molecule has 1 atom stereocenters. The third kappa shape index (κ3) is 3.00. The van der Waals surface area contributed by atoms with Crippen molar-refractivity contribution in [1.82, 2.24) is 0 Å². The van der Waals surface area contributed by atoms with Crippen LogP contribution in [0.15, 0.2) is 36.4 Å². The molecular formula is C17H12F2INO3. The average molecular weight is 443 g/mol. The number of anilines is 1. The molecule has 2 aromatic rings. The van der Waals surface area contributed by atoms with Gasteiger partial charge in [-0.2, -0.15) is 0 Å². The minimum atomic E-state index is -1.46. The average Bonchev–Trinajstić information content (AvgIpc) is 2.52. The number of halogens is 3. The number of carbonyl (C=O) groups excluding carboxylic acids is 2. The summed E-state index contributed by atoms with van der Waals surface area (Å²) in [5.41, 5.74) is -0.395. The summed E-state index contributed by atoms with van der Waals surface area (Å²) < 4.78 is 32.3. The van der Waals surface area contributed by atoms with Crippen molar-refractivity contribution in [2.24, 2.45) is 0 Å². The van der Waals surface area contributed by atoms with Crippen molar-refractivity contribution >= 4 is 40.2 Å². The summed E-state index contributed by atoms with van der Waals surface area (Å²) in [4.78, 5) is 24.6. The van der Waals surface area contributed by atoms with Crippen molar-refractivity contribution in [3.8, 4) is 0 Å². The second-order valence-electron chi connectivity index (χ2n) is 5.66. The van der Waals surface area contributed by atoms with Gasteiger partial charge in [0.1, 0.15) is 11.6 Å². The number of cyclic esters (lactones) is 1. The molecule has 4 nitrogen and oxygen atoms in total. The van der Waals surface area contributed by atoms with Gasteiger partial charge in [0, 0.05) is 12.1 Å². The molecule has 0 spiro atoms. The van der Waals surface area contributed by atoms with Gasteiger partial charge in [0.15, 0.2) is 5.60 Å². The van der Waals surface area contributed by atoms with Crippen LogP contribution in [-0.2, 0) is 16.0 Å². The van der Waals surface area contributed by atoms with Crippen LogP contribution in [0.3, 0.4) is 0 Å². The zero-order valence-electron chi connectivity index (χ0n) is 12.5. The fourth-order valence-corrected chi connectivity index (χ4v) is 2.86. The first kappa shape index (κ1) is 16.8. The topological polar surface area (TPSA) is 55.4 Å². The Morgan fingerprint density at radius 2 is 1.88 bits per heavy atom. The maximum Gasteiger partial charge on any atom is 0.339 e. The number of ether oxygens (including phenoxy) is 1. The molecule has 2 aromatic carbocycles. The van der Waals surface area contributed by atoms with E-state index in [2.05, 4.69) is 5.32 Å². The number of rotatable bonds is 2. The molecule has 0 fully saturated rings. The predicted molar refractivity (Wildman–Crippen MR) is 91.7 cm³/mol. The van der Waals surface area contributed by atoms with Crippen LogP contribution in [-0.4, -0.2) is 17.5 Å². The highest BCUT2D eigenvalue weighted by atomic mass is 127. The van der Waals surface area contributed by atoms with Gasteiger partial charge in [0.2, 0.25) is 0 Å². The van der Waals surface area contributed by atoms with E-state index in [0.29, 0.717) is 11.1 Å². The molecule has 0 saturated carbocycles. The molecule has 1 heterocycles. The van der Waals surface area contributed by atoms with Crippen molar-refractivity contribution < 1.29 is 23.1 Å². The van der Waals surface area contributed by atoms with E-state index in [0.717, 1.165) is 12.1 Å². The Bertz CT molecular complexity index is 832. The Hall–Kier alpha value is -2.03. The zero-order valence-corrected chi connectivity index (χ0v) is 14.7. The van der Waals surface area contributed by atoms with Gasteiger partial charge in [-0.1, -0.05) is 18.2 Å². The minimum absolute atomic E-state index is 0.0356. The lowest BCUT2D eigenvalue weighted by Gasteiger charge is -2.33. The monoisotopic (exact) mass is 443 g/mol. The minimum Gasteiger partial charge on any atom is -0.445 e. The molecule has 124 valence electrons. The Kier molecular flexibility index (Phi) is 4.29. The summed E-state index contributed by atoms with van der Waals surface area (Å²) >= 11 is 1.54. The molecule has 1 aliphatic heterocycles. The molecule has 24 heavy (non-hydrogen) atoms. The number of hydrogen-bond donors (Lipinski definition) is 1. The smallest absolute Gasteiger partial charge is 0.339 e. The van der Waals surface area contributed by atoms with E-state index in [1.165, 1.54) is 29.5 Å². The zero-order chi connectivity index (χ0) is 17.5. The van der Waals surface area contributed by atoms with E-state index in [1.54, 1.807) is 24.3 Å². The Morgan fingerprint density at radius 1 is 1.25 bits per heavy atom. The summed E-state index contributed by atoms with van der Waals surface area (Å²) in [7, 11) is 0. The number of amides is 1. The van der Waals surface area contributed by atoms with E-state index in [4.69, 9.17) is 4.74 Å². The van der Waals surface area contributed by atoms with Gasteiger partial charge in [0.05, 0.1) is 9.13 Å². The first-order valence-corrected chi connectivity index (χ1v) is 8.15. The highest BCUT2D eigenvalue weighted by Gasteiger charge is 2.42. The fraction of sp³-hybridized carbons (Fsp3) is 0.176. The number of esters is 1. The number of hydrogen-bond acceptors (Lipinski definition) is 3. The van der Waals surface area contributed by atoms with Crippen LogP contribution < -0.4 is 5.32 Å². The molecule has 1 aliphatic rings. The van der Waals surface area contributed by atoms with Gasteiger partial charge in [-0.25, -0.2) is 13.6 Å². The van der Waals surface area contributed by atoms with E-state index >= 15 is 0 Å². The second-order valence-corrected chi connectivity index (χ2v) is 6.74. The van der Waals surface area contributed by atoms with Crippen LogP contribution in [0.2, 0.25) is 0 Å². The van der Waals surface area contributed by atoms with Crippen LogP contribution in [0, 0.1) is 15.2 Å². The first-order valence-electron chi connectivity index (χ1n) is 7.07. The molecule has 1 N–H and O–H groups in total. The molecule has 0 bridgehead atoms. The summed E-state index contributed by atoms with van der Waals surface area (Å²) in [5.74, 6) is -2.80. The molecule has 3 rings (SSSR count). The summed E-state index contributed by atoms with van der Waals surface area (Å²) in [6.07, 6.45) is 0.177. The molecular weight excluding hydrogens is 431 g/mol. The standard InChI is InChI=1S/C17H12F2INO3/c1-17(8-9-4-2-3-5-11(9)15(22)24-17)16(23)21-10-6-12(18)14(20)13(19)7-10/h2-7H,8H2,1H3,(H,21,23). The van der Waals surface area contributed by atoms with Gasteiger partial charge >= 0.3 is 5.97 Å². The van der Waals surface area contributed by atoms with Crippen LogP contribution >= 0.6 is 22.6 Å². The van der Waals surface area contributed by atoms with E-state index in [1.807, 2.05) is 0 Å². The Labute approximate surface area is 150 Å². The molecule has 0 radical (unpaired) electrons. The Morgan fingerprint density at radius 3 is 2.54 bits per heavy atom. The lowest BCUT2D eigenvalue weighted by Crippen LogP contribution is -2.48. The number of carbonyl (C=O) groups is 2. The third-order valence-electron chi connectivity index (χ3n) is 3.81. The lowest BCUT2D eigenvalue weighted by molar-refractivity contribution is -0.134. The molecule has 7 heteroatoms. The van der Waals surface area contributed by atoms with Crippen molar-refractivity contribution in [2.75, 3.05) is 5.32 Å². The normalized spacial score (nSPS) is 19.4. The first-order chi connectivity index (χ1) is 11.3. The highest BCUT2D eigenvalue weighted by molar-refractivity contribution is 14.1. The second kappa shape index (κ2) is 6.12. The number of nitrogens with one attached hydrogen (secondary N) is 1. The van der Waals surface area contributed by atoms with Crippen molar-refractivity contribution in [3.63, 3.8) is 0 Å². The van der Waals surface area contributed by atoms with Crippen LogP contribution in [0.4, 0.5) is 14.5 Å². The lowest BCUT2D eigenvalue weighted by atomic mass is 9.89. The Balaban J connectivity index is 1.87. The molecule has 1 unspecified atom stereocenters. The van der Waals surface area contributed by atoms with Gasteiger partial charge in [0.25, 0.3) is 5.91 Å². The van der Waals surface area contributed by atoms with E-state index in [-0.39, 0.29) is 15.7 Å². The fourth-order valence-electron chi connectivity index (χ4n) is 2.55. The highest BCUT2D eigenvalue weighted by Crippen LogP contribution is 2.30. The van der Waals surface area contributed by atoms with Gasteiger partial charge in [-0.05, 0) is 53.3 Å². The maximum absolute atomic E-state index is 13.6. The summed E-state index contributed by atoms with van der Waals surface area (Å²) in [6.45, 7) is 1.47. The largest absolute Gasteiger partial charge is 0.445 e. The van der Waals surface area contributed by atoms with Crippen LogP contribution in [0.25, 0.3) is 0 Å². The SMILES string of the molecule is CC1(C(=O)Nc2cc(F)c(I)c(F)c2)Cc2ccccc2C(=O)O1. The third-order valence-corrected chi connectivity index (χ3v) is 4.84. The summed E-state index contributed by atoms with van der Waals surface area (Å²) in [6, 6.07) is 8.87. The molecule has 0 aromatic heterocycles. The maximum atomic E-state index is 13.6. The van der Waals surface area contributed by atoms with Crippen molar-refractivity contribution in [3.05, 3.63) is 62.7 Å². The van der Waals surface area contributed by atoms with Gasteiger partial charge in [-0.15, -0.1) is 0 Å². The molecule has 0 aliphatic carbocycles. The summed E-state index contributed by atoms with van der Waals surface area (Å²) in [5, 5.41) is 2.41. The molecule has 0 saturated heterocycles. The molecule has 1 amide bonds. The quantitative estimate of drug-likeness (QED) is 0.438. The van der Waals surface area contributed by atoms with Gasteiger partial charge < -0.3 is 10.1 Å². The van der Waals surface area contributed by atoms with E-state index in [9.17, 15) is 18.4 Å². The van der Waals surface area contributed by atoms with Crippen molar-refractivity contribution in [1.29, 1.82) is 0 Å². The number of benzene rings is 2.